The molecule has 56 valence electrons. The summed E-state index contributed by atoms with van der Waals surface area (Å²) in [6.45, 7) is 5.62. The van der Waals surface area contributed by atoms with Gasteiger partial charge in [0.25, 0.3) is 0 Å². The zero-order valence-electron chi connectivity index (χ0n) is 6.38. The number of aliphatic hydroxyl groups excluding tert-OH is 1. The SMILES string of the molecule is C=C/C=C\C/C(=C\C)CO. The Labute approximate surface area is 62.4 Å². The molecule has 0 aliphatic carbocycles. The van der Waals surface area contributed by atoms with E-state index in [0.717, 1.165) is 12.0 Å². The second kappa shape index (κ2) is 6.30. The van der Waals surface area contributed by atoms with Crippen LogP contribution in [0.5, 0.6) is 0 Å². The summed E-state index contributed by atoms with van der Waals surface area (Å²) in [6, 6.07) is 0. The summed E-state index contributed by atoms with van der Waals surface area (Å²) in [7, 11) is 0. The molecule has 0 atom stereocenters. The Morgan fingerprint density at radius 2 is 2.30 bits per heavy atom. The Hall–Kier alpha value is -0.820. The molecule has 1 heteroatoms. The van der Waals surface area contributed by atoms with E-state index in [-0.39, 0.29) is 6.61 Å². The first-order valence-electron chi connectivity index (χ1n) is 3.37. The molecule has 0 fully saturated rings. The van der Waals surface area contributed by atoms with Gasteiger partial charge in [0.1, 0.15) is 0 Å². The van der Waals surface area contributed by atoms with Gasteiger partial charge in [-0.25, -0.2) is 0 Å². The van der Waals surface area contributed by atoms with Crippen molar-refractivity contribution in [1.82, 2.24) is 0 Å². The van der Waals surface area contributed by atoms with Crippen molar-refractivity contribution in [2.75, 3.05) is 6.61 Å². The summed E-state index contributed by atoms with van der Waals surface area (Å²) in [4.78, 5) is 0. The minimum absolute atomic E-state index is 0.151. The van der Waals surface area contributed by atoms with Crippen molar-refractivity contribution in [2.45, 2.75) is 13.3 Å². The maximum atomic E-state index is 8.70. The fourth-order valence-electron chi connectivity index (χ4n) is 0.589. The maximum absolute atomic E-state index is 8.70. The largest absolute Gasteiger partial charge is 0.392 e. The first-order chi connectivity index (χ1) is 4.85. The molecule has 0 aromatic carbocycles. The summed E-state index contributed by atoms with van der Waals surface area (Å²) in [5.74, 6) is 0. The quantitative estimate of drug-likeness (QED) is 0.465. The molecule has 0 bridgehead atoms. The Balaban J connectivity index is 3.65. The highest BCUT2D eigenvalue weighted by Crippen LogP contribution is 1.99. The van der Waals surface area contributed by atoms with Crippen LogP contribution in [-0.4, -0.2) is 11.7 Å². The standard InChI is InChI=1S/C9H14O/c1-3-5-6-7-9(4-2)8-10/h3-6,10H,1,7-8H2,2H3/b6-5-,9-4+. The van der Waals surface area contributed by atoms with Gasteiger partial charge < -0.3 is 5.11 Å². The van der Waals surface area contributed by atoms with Crippen molar-refractivity contribution < 1.29 is 5.11 Å². The van der Waals surface area contributed by atoms with Crippen LogP contribution in [-0.2, 0) is 0 Å². The third-order valence-electron chi connectivity index (χ3n) is 1.26. The van der Waals surface area contributed by atoms with Gasteiger partial charge in [0.2, 0.25) is 0 Å². The van der Waals surface area contributed by atoms with Crippen molar-refractivity contribution in [3.63, 3.8) is 0 Å². The van der Waals surface area contributed by atoms with E-state index in [1.54, 1.807) is 6.08 Å². The van der Waals surface area contributed by atoms with Crippen molar-refractivity contribution in [1.29, 1.82) is 0 Å². The highest BCUT2D eigenvalue weighted by atomic mass is 16.3. The molecule has 0 heterocycles. The number of rotatable bonds is 4. The van der Waals surface area contributed by atoms with Crippen LogP contribution in [0.4, 0.5) is 0 Å². The van der Waals surface area contributed by atoms with E-state index >= 15 is 0 Å². The van der Waals surface area contributed by atoms with E-state index < -0.39 is 0 Å². The lowest BCUT2D eigenvalue weighted by Gasteiger charge is -1.95. The van der Waals surface area contributed by atoms with Crippen molar-refractivity contribution in [3.05, 3.63) is 36.5 Å². The Bertz CT molecular complexity index is 143. The Morgan fingerprint density at radius 1 is 1.60 bits per heavy atom. The molecule has 0 aromatic rings. The molecule has 0 aliphatic rings. The molecule has 10 heavy (non-hydrogen) atoms. The van der Waals surface area contributed by atoms with Crippen LogP contribution in [0.2, 0.25) is 0 Å². The van der Waals surface area contributed by atoms with Gasteiger partial charge in [0.05, 0.1) is 6.61 Å². The van der Waals surface area contributed by atoms with E-state index in [0.29, 0.717) is 0 Å². The predicted octanol–water partition coefficient (Wildman–Crippen LogP) is 2.06. The van der Waals surface area contributed by atoms with Crippen LogP contribution >= 0.6 is 0 Å². The Kier molecular flexibility index (Phi) is 5.79. The van der Waals surface area contributed by atoms with Gasteiger partial charge in [0.15, 0.2) is 0 Å². The second-order valence-electron chi connectivity index (χ2n) is 1.97. The fraction of sp³-hybridized carbons (Fsp3) is 0.333. The molecule has 0 aliphatic heterocycles. The smallest absolute Gasteiger partial charge is 0.0644 e. The van der Waals surface area contributed by atoms with E-state index in [9.17, 15) is 0 Å². The first-order valence-corrected chi connectivity index (χ1v) is 3.37. The third-order valence-corrected chi connectivity index (χ3v) is 1.26. The van der Waals surface area contributed by atoms with E-state index in [1.807, 2.05) is 25.2 Å². The summed E-state index contributed by atoms with van der Waals surface area (Å²) in [5, 5.41) is 8.70. The van der Waals surface area contributed by atoms with Crippen LogP contribution in [0.25, 0.3) is 0 Å². The highest BCUT2D eigenvalue weighted by Gasteiger charge is 1.86. The minimum atomic E-state index is 0.151. The van der Waals surface area contributed by atoms with Crippen LogP contribution in [0.15, 0.2) is 36.5 Å². The van der Waals surface area contributed by atoms with Gasteiger partial charge in [0, 0.05) is 0 Å². The molecule has 0 rings (SSSR count). The molecule has 0 spiro atoms. The second-order valence-corrected chi connectivity index (χ2v) is 1.97. The normalized spacial score (nSPS) is 12.4. The molecule has 0 amide bonds. The lowest BCUT2D eigenvalue weighted by molar-refractivity contribution is 0.329. The number of aliphatic hydroxyl groups is 1. The molecule has 1 N–H and O–H groups in total. The lowest BCUT2D eigenvalue weighted by Crippen LogP contribution is -1.86. The summed E-state index contributed by atoms with van der Waals surface area (Å²) >= 11 is 0. The molecular weight excluding hydrogens is 124 g/mol. The summed E-state index contributed by atoms with van der Waals surface area (Å²) in [6.07, 6.45) is 8.31. The molecule has 1 nitrogen and oxygen atoms in total. The van der Waals surface area contributed by atoms with Gasteiger partial charge in [-0.15, -0.1) is 0 Å². The van der Waals surface area contributed by atoms with Crippen LogP contribution in [0, 0.1) is 0 Å². The molecule has 0 radical (unpaired) electrons. The molecule has 0 unspecified atom stereocenters. The zero-order chi connectivity index (χ0) is 7.82. The van der Waals surface area contributed by atoms with Crippen LogP contribution < -0.4 is 0 Å². The lowest BCUT2D eigenvalue weighted by atomic mass is 10.2. The highest BCUT2D eigenvalue weighted by molar-refractivity contribution is 5.09. The fourth-order valence-corrected chi connectivity index (χ4v) is 0.589. The molecule has 0 aromatic heterocycles. The Morgan fingerprint density at radius 3 is 2.70 bits per heavy atom. The monoisotopic (exact) mass is 138 g/mol. The third kappa shape index (κ3) is 4.10. The average molecular weight is 138 g/mol. The molecule has 0 saturated heterocycles. The van der Waals surface area contributed by atoms with Crippen molar-refractivity contribution in [2.24, 2.45) is 0 Å². The predicted molar refractivity (Wildman–Crippen MR) is 44.8 cm³/mol. The van der Waals surface area contributed by atoms with Gasteiger partial charge in [-0.3, -0.25) is 0 Å². The summed E-state index contributed by atoms with van der Waals surface area (Å²) < 4.78 is 0. The van der Waals surface area contributed by atoms with Crippen LogP contribution in [0.1, 0.15) is 13.3 Å². The van der Waals surface area contributed by atoms with E-state index in [4.69, 9.17) is 5.11 Å². The number of allylic oxidation sites excluding steroid dienone is 4. The van der Waals surface area contributed by atoms with E-state index in [2.05, 4.69) is 6.58 Å². The number of hydrogen-bond donors (Lipinski definition) is 1. The van der Waals surface area contributed by atoms with E-state index in [1.165, 1.54) is 0 Å². The molecular formula is C9H14O. The van der Waals surface area contributed by atoms with Crippen LogP contribution in [0.3, 0.4) is 0 Å². The van der Waals surface area contributed by atoms with Gasteiger partial charge >= 0.3 is 0 Å². The van der Waals surface area contributed by atoms with Gasteiger partial charge in [-0.05, 0) is 18.9 Å². The minimum Gasteiger partial charge on any atom is -0.392 e. The maximum Gasteiger partial charge on any atom is 0.0644 e. The topological polar surface area (TPSA) is 20.2 Å². The van der Waals surface area contributed by atoms with Gasteiger partial charge in [-0.1, -0.05) is 30.9 Å². The zero-order valence-corrected chi connectivity index (χ0v) is 6.38. The summed E-state index contributed by atoms with van der Waals surface area (Å²) in [5.41, 5.74) is 1.04. The van der Waals surface area contributed by atoms with Crippen molar-refractivity contribution in [3.8, 4) is 0 Å². The average Bonchev–Trinajstić information content (AvgIpc) is 1.99. The van der Waals surface area contributed by atoms with Crippen molar-refractivity contribution >= 4 is 0 Å². The molecule has 0 saturated carbocycles. The first kappa shape index (κ1) is 9.18. The van der Waals surface area contributed by atoms with Gasteiger partial charge in [-0.2, -0.15) is 0 Å². The number of hydrogen-bond acceptors (Lipinski definition) is 1.